The number of piperazine rings is 1. The Morgan fingerprint density at radius 1 is 1.12 bits per heavy atom. The van der Waals surface area contributed by atoms with E-state index in [0.29, 0.717) is 19.6 Å². The summed E-state index contributed by atoms with van der Waals surface area (Å²) in [4.78, 5) is 17.0. The molecule has 134 valence electrons. The summed E-state index contributed by atoms with van der Waals surface area (Å²) in [5.41, 5.74) is 2.05. The predicted molar refractivity (Wildman–Crippen MR) is 87.1 cm³/mol. The number of halogens is 3. The van der Waals surface area contributed by atoms with Crippen molar-refractivity contribution in [3.63, 3.8) is 0 Å². The molecule has 24 heavy (non-hydrogen) atoms. The summed E-state index contributed by atoms with van der Waals surface area (Å²) in [6.07, 6.45) is -4.19. The van der Waals surface area contributed by atoms with Gasteiger partial charge in [0, 0.05) is 52.5 Å². The monoisotopic (exact) mass is 344 g/mol. The van der Waals surface area contributed by atoms with Crippen molar-refractivity contribution in [3.8, 4) is 0 Å². The van der Waals surface area contributed by atoms with Gasteiger partial charge in [-0.3, -0.25) is 4.90 Å². The van der Waals surface area contributed by atoms with Crippen LogP contribution in [0.15, 0.2) is 24.3 Å². The van der Waals surface area contributed by atoms with Gasteiger partial charge in [0.15, 0.2) is 0 Å². The third-order valence-corrected chi connectivity index (χ3v) is 3.96. The van der Waals surface area contributed by atoms with Gasteiger partial charge in [0.2, 0.25) is 0 Å². The van der Waals surface area contributed by atoms with Crippen LogP contribution in [0, 0.1) is 0 Å². The molecule has 0 aliphatic carbocycles. The zero-order valence-corrected chi connectivity index (χ0v) is 13.9. The first kappa shape index (κ1) is 18.4. The average molecular weight is 344 g/mol. The average Bonchev–Trinajstić information content (AvgIpc) is 2.52. The van der Waals surface area contributed by atoms with E-state index in [9.17, 15) is 18.0 Å². The molecule has 1 fully saturated rings. The summed E-state index contributed by atoms with van der Waals surface area (Å²) >= 11 is 0. The lowest BCUT2D eigenvalue weighted by atomic mass is 10.2. The second-order valence-electron chi connectivity index (χ2n) is 6.10. The standard InChI is InChI=1S/C16H23F3N4O/c1-21(2)14-5-3-13(4-6-14)11-20-15(24)23-9-7-22(8-10-23)12-16(17,18)19/h3-6H,7-12H2,1-2H3,(H,20,24). The van der Waals surface area contributed by atoms with Crippen LogP contribution >= 0.6 is 0 Å². The first-order valence-electron chi connectivity index (χ1n) is 7.83. The SMILES string of the molecule is CN(C)c1ccc(CNC(=O)N2CCN(CC(F)(F)F)CC2)cc1. The van der Waals surface area contributed by atoms with E-state index in [0.717, 1.165) is 11.3 Å². The molecule has 2 amide bonds. The predicted octanol–water partition coefficient (Wildman–Crippen LogP) is 2.14. The highest BCUT2D eigenvalue weighted by Gasteiger charge is 2.32. The molecule has 5 nitrogen and oxygen atoms in total. The van der Waals surface area contributed by atoms with Gasteiger partial charge in [-0.1, -0.05) is 12.1 Å². The Morgan fingerprint density at radius 2 is 1.71 bits per heavy atom. The molecule has 0 spiro atoms. The fourth-order valence-electron chi connectivity index (χ4n) is 2.56. The number of nitrogens with one attached hydrogen (secondary N) is 1. The number of amides is 2. The van der Waals surface area contributed by atoms with Crippen LogP contribution in [0.1, 0.15) is 5.56 Å². The molecule has 1 N–H and O–H groups in total. The molecule has 0 saturated carbocycles. The molecular weight excluding hydrogens is 321 g/mol. The first-order chi connectivity index (χ1) is 11.2. The zero-order chi connectivity index (χ0) is 17.7. The Hall–Kier alpha value is -1.96. The normalized spacial score (nSPS) is 16.1. The maximum absolute atomic E-state index is 12.3. The minimum absolute atomic E-state index is 0.238. The number of hydrogen-bond acceptors (Lipinski definition) is 3. The molecule has 1 aliphatic rings. The molecule has 1 aliphatic heterocycles. The van der Waals surface area contributed by atoms with E-state index in [1.807, 2.05) is 43.3 Å². The zero-order valence-electron chi connectivity index (χ0n) is 13.9. The molecule has 1 saturated heterocycles. The minimum atomic E-state index is -4.19. The highest BCUT2D eigenvalue weighted by molar-refractivity contribution is 5.74. The number of rotatable bonds is 4. The maximum Gasteiger partial charge on any atom is 0.401 e. The number of carbonyl (C=O) groups excluding carboxylic acids is 1. The van der Waals surface area contributed by atoms with Crippen molar-refractivity contribution in [1.29, 1.82) is 0 Å². The molecule has 1 heterocycles. The van der Waals surface area contributed by atoms with E-state index >= 15 is 0 Å². The van der Waals surface area contributed by atoms with E-state index in [-0.39, 0.29) is 19.1 Å². The Balaban J connectivity index is 1.75. The van der Waals surface area contributed by atoms with E-state index < -0.39 is 12.7 Å². The van der Waals surface area contributed by atoms with Crippen molar-refractivity contribution < 1.29 is 18.0 Å². The number of alkyl halides is 3. The number of benzene rings is 1. The molecule has 0 atom stereocenters. The Bertz CT molecular complexity index is 537. The Labute approximate surface area is 140 Å². The van der Waals surface area contributed by atoms with Gasteiger partial charge in [0.25, 0.3) is 0 Å². The van der Waals surface area contributed by atoms with Crippen molar-refractivity contribution in [2.45, 2.75) is 12.7 Å². The summed E-state index contributed by atoms with van der Waals surface area (Å²) in [7, 11) is 3.91. The van der Waals surface area contributed by atoms with Crippen LogP contribution < -0.4 is 10.2 Å². The molecule has 0 radical (unpaired) electrons. The van der Waals surface area contributed by atoms with Gasteiger partial charge in [-0.2, -0.15) is 13.2 Å². The maximum atomic E-state index is 12.3. The van der Waals surface area contributed by atoms with Gasteiger partial charge in [0.05, 0.1) is 6.54 Å². The molecule has 0 unspecified atom stereocenters. The van der Waals surface area contributed by atoms with Crippen molar-refractivity contribution in [2.24, 2.45) is 0 Å². The molecule has 1 aromatic carbocycles. The fourth-order valence-corrected chi connectivity index (χ4v) is 2.56. The highest BCUT2D eigenvalue weighted by atomic mass is 19.4. The van der Waals surface area contributed by atoms with Gasteiger partial charge in [0.1, 0.15) is 0 Å². The third-order valence-electron chi connectivity index (χ3n) is 3.96. The number of urea groups is 1. The largest absolute Gasteiger partial charge is 0.401 e. The van der Waals surface area contributed by atoms with Gasteiger partial charge in [-0.15, -0.1) is 0 Å². The summed E-state index contributed by atoms with van der Waals surface area (Å²) in [5.74, 6) is 0. The van der Waals surface area contributed by atoms with Crippen molar-refractivity contribution >= 4 is 11.7 Å². The first-order valence-corrected chi connectivity index (χ1v) is 7.83. The van der Waals surface area contributed by atoms with Gasteiger partial charge in [-0.05, 0) is 17.7 Å². The number of anilines is 1. The van der Waals surface area contributed by atoms with Gasteiger partial charge >= 0.3 is 12.2 Å². The van der Waals surface area contributed by atoms with Gasteiger partial charge < -0.3 is 15.1 Å². The smallest absolute Gasteiger partial charge is 0.378 e. The van der Waals surface area contributed by atoms with Crippen LogP contribution in [-0.4, -0.2) is 68.8 Å². The lowest BCUT2D eigenvalue weighted by Crippen LogP contribution is -2.53. The Kier molecular flexibility index (Phi) is 5.93. The molecule has 8 heteroatoms. The summed E-state index contributed by atoms with van der Waals surface area (Å²) < 4.78 is 37.0. The molecule has 0 bridgehead atoms. The van der Waals surface area contributed by atoms with Crippen molar-refractivity contribution in [3.05, 3.63) is 29.8 Å². The fraction of sp³-hybridized carbons (Fsp3) is 0.562. The van der Waals surface area contributed by atoms with Crippen LogP contribution in [0.3, 0.4) is 0 Å². The topological polar surface area (TPSA) is 38.8 Å². The van der Waals surface area contributed by atoms with Crippen LogP contribution in [-0.2, 0) is 6.54 Å². The summed E-state index contributed by atoms with van der Waals surface area (Å²) in [5, 5.41) is 2.81. The van der Waals surface area contributed by atoms with E-state index in [1.54, 1.807) is 4.90 Å². The van der Waals surface area contributed by atoms with Gasteiger partial charge in [-0.25, -0.2) is 4.79 Å². The number of hydrogen-bond donors (Lipinski definition) is 1. The quantitative estimate of drug-likeness (QED) is 0.910. The number of nitrogens with zero attached hydrogens (tertiary/aromatic N) is 3. The minimum Gasteiger partial charge on any atom is -0.378 e. The van der Waals surface area contributed by atoms with Crippen LogP contribution in [0.2, 0.25) is 0 Å². The van der Waals surface area contributed by atoms with Crippen molar-refractivity contribution in [1.82, 2.24) is 15.1 Å². The van der Waals surface area contributed by atoms with E-state index in [4.69, 9.17) is 0 Å². The summed E-state index contributed by atoms with van der Waals surface area (Å²) in [6, 6.07) is 7.58. The van der Waals surface area contributed by atoms with Crippen LogP contribution in [0.25, 0.3) is 0 Å². The van der Waals surface area contributed by atoms with E-state index in [1.165, 1.54) is 4.90 Å². The number of carbonyl (C=O) groups is 1. The molecule has 2 rings (SSSR count). The second kappa shape index (κ2) is 7.74. The van der Waals surface area contributed by atoms with Crippen LogP contribution in [0.4, 0.5) is 23.7 Å². The summed E-state index contributed by atoms with van der Waals surface area (Å²) in [6.45, 7) is 0.577. The molecular formula is C16H23F3N4O. The lowest BCUT2D eigenvalue weighted by Gasteiger charge is -2.34. The molecule has 0 aromatic heterocycles. The second-order valence-corrected chi connectivity index (χ2v) is 6.10. The van der Waals surface area contributed by atoms with Crippen LogP contribution in [0.5, 0.6) is 0 Å². The lowest BCUT2D eigenvalue weighted by molar-refractivity contribution is -0.148. The van der Waals surface area contributed by atoms with Crippen molar-refractivity contribution in [2.75, 3.05) is 51.7 Å². The molecule has 1 aromatic rings. The Morgan fingerprint density at radius 3 is 2.21 bits per heavy atom. The highest BCUT2D eigenvalue weighted by Crippen LogP contribution is 2.17. The van der Waals surface area contributed by atoms with E-state index in [2.05, 4.69) is 5.32 Å². The third kappa shape index (κ3) is 5.59.